The van der Waals surface area contributed by atoms with Crippen LogP contribution in [0.4, 0.5) is 15.8 Å². The number of piperidine rings is 1. The van der Waals surface area contributed by atoms with E-state index in [9.17, 15) is 4.39 Å². The van der Waals surface area contributed by atoms with Crippen molar-refractivity contribution in [2.75, 3.05) is 43.1 Å². The van der Waals surface area contributed by atoms with Gasteiger partial charge >= 0.3 is 0 Å². The zero-order chi connectivity index (χ0) is 21.2. The number of halogens is 2. The Morgan fingerprint density at radius 2 is 1.71 bits per heavy atom. The third kappa shape index (κ3) is 4.84. The van der Waals surface area contributed by atoms with Crippen molar-refractivity contribution in [3.8, 4) is 0 Å². The van der Waals surface area contributed by atoms with E-state index in [2.05, 4.69) is 27.2 Å². The zero-order valence-electron chi connectivity index (χ0n) is 17.9. The molecule has 2 bridgehead atoms. The number of benzene rings is 2. The Hall–Kier alpha value is -1.82. The average molecular weight is 444 g/mol. The Balaban J connectivity index is 1.15. The molecule has 3 heterocycles. The second-order valence-corrected chi connectivity index (χ2v) is 9.60. The maximum Gasteiger partial charge on any atom is 0.148 e. The molecule has 2 aromatic rings. The average Bonchev–Trinajstić information content (AvgIpc) is 3.01. The summed E-state index contributed by atoms with van der Waals surface area (Å²) in [7, 11) is 0. The third-order valence-electron chi connectivity index (χ3n) is 7.15. The summed E-state index contributed by atoms with van der Waals surface area (Å²) < 4.78 is 20.1. The Morgan fingerprint density at radius 3 is 2.39 bits per heavy atom. The number of nitrogens with zero attached hydrogens (tertiary/aromatic N) is 2. The van der Waals surface area contributed by atoms with Gasteiger partial charge in [-0.3, -0.25) is 4.90 Å². The Labute approximate surface area is 189 Å². The standard InChI is InChI=1S/C25H31ClFN3O/c26-20-3-1-18(2-4-20)17-30-22-6-7-23(30)14-19(13-22)16-28-21-5-8-25(24(27)15-21)29-9-11-31-12-10-29/h1-5,8,15,19,22-23,28H,6-7,9-14,16-17H2. The van der Waals surface area contributed by atoms with Crippen molar-refractivity contribution in [2.24, 2.45) is 5.92 Å². The van der Waals surface area contributed by atoms with Crippen LogP contribution in [0, 0.1) is 11.7 Å². The van der Waals surface area contributed by atoms with Gasteiger partial charge in [0.05, 0.1) is 18.9 Å². The van der Waals surface area contributed by atoms with Gasteiger partial charge in [0.2, 0.25) is 0 Å². The van der Waals surface area contributed by atoms with Crippen molar-refractivity contribution < 1.29 is 9.13 Å². The molecule has 6 heteroatoms. The summed E-state index contributed by atoms with van der Waals surface area (Å²) in [5.41, 5.74) is 2.90. The number of nitrogens with one attached hydrogen (secondary N) is 1. The summed E-state index contributed by atoms with van der Waals surface area (Å²) in [6.45, 7) is 4.76. The first-order valence-corrected chi connectivity index (χ1v) is 11.9. The van der Waals surface area contributed by atoms with E-state index < -0.39 is 0 Å². The van der Waals surface area contributed by atoms with Crippen LogP contribution in [-0.2, 0) is 11.3 Å². The normalized spacial score (nSPS) is 26.3. The molecule has 1 N–H and O–H groups in total. The van der Waals surface area contributed by atoms with Crippen LogP contribution in [0.3, 0.4) is 0 Å². The lowest BCUT2D eigenvalue weighted by atomic mass is 9.90. The molecule has 2 atom stereocenters. The fourth-order valence-corrected chi connectivity index (χ4v) is 5.68. The van der Waals surface area contributed by atoms with Gasteiger partial charge in [0.25, 0.3) is 0 Å². The van der Waals surface area contributed by atoms with Gasteiger partial charge in [-0.05, 0) is 67.5 Å². The summed E-state index contributed by atoms with van der Waals surface area (Å²) in [6.07, 6.45) is 5.01. The number of rotatable bonds is 6. The highest BCUT2D eigenvalue weighted by Gasteiger charge is 2.40. The number of morpholine rings is 1. The SMILES string of the molecule is Fc1cc(NCC2CC3CCC(C2)N3Cc2ccc(Cl)cc2)ccc1N1CCOCC1. The fraction of sp³-hybridized carbons (Fsp3) is 0.520. The summed E-state index contributed by atoms with van der Waals surface area (Å²) in [6, 6.07) is 15.1. The smallest absolute Gasteiger partial charge is 0.148 e. The van der Waals surface area contributed by atoms with E-state index in [0.717, 1.165) is 36.9 Å². The van der Waals surface area contributed by atoms with Gasteiger partial charge in [0.15, 0.2) is 0 Å². The van der Waals surface area contributed by atoms with Gasteiger partial charge in [-0.15, -0.1) is 0 Å². The lowest BCUT2D eigenvalue weighted by Gasteiger charge is -2.39. The van der Waals surface area contributed by atoms with E-state index in [4.69, 9.17) is 16.3 Å². The largest absolute Gasteiger partial charge is 0.385 e. The van der Waals surface area contributed by atoms with Crippen LogP contribution < -0.4 is 10.2 Å². The topological polar surface area (TPSA) is 27.7 Å². The maximum atomic E-state index is 14.7. The van der Waals surface area contributed by atoms with Gasteiger partial charge in [0, 0.05) is 49.0 Å². The molecule has 0 radical (unpaired) electrons. The van der Waals surface area contributed by atoms with Crippen LogP contribution in [0.25, 0.3) is 0 Å². The summed E-state index contributed by atoms with van der Waals surface area (Å²) in [4.78, 5) is 4.76. The molecule has 0 spiro atoms. The Kier molecular flexibility index (Phi) is 6.35. The van der Waals surface area contributed by atoms with Gasteiger partial charge < -0.3 is 15.0 Å². The van der Waals surface area contributed by atoms with Crippen LogP contribution in [0.5, 0.6) is 0 Å². The van der Waals surface area contributed by atoms with Crippen molar-refractivity contribution >= 4 is 23.0 Å². The van der Waals surface area contributed by atoms with E-state index >= 15 is 0 Å². The summed E-state index contributed by atoms with van der Waals surface area (Å²) >= 11 is 6.03. The number of ether oxygens (including phenoxy) is 1. The zero-order valence-corrected chi connectivity index (χ0v) is 18.7. The minimum absolute atomic E-state index is 0.148. The number of hydrogen-bond donors (Lipinski definition) is 1. The quantitative estimate of drug-likeness (QED) is 0.666. The van der Waals surface area contributed by atoms with Crippen molar-refractivity contribution in [1.82, 2.24) is 4.90 Å². The van der Waals surface area contributed by atoms with Crippen LogP contribution in [-0.4, -0.2) is 49.8 Å². The highest BCUT2D eigenvalue weighted by atomic mass is 35.5. The first-order chi connectivity index (χ1) is 15.2. The molecular weight excluding hydrogens is 413 g/mol. The predicted molar refractivity (Wildman–Crippen MR) is 124 cm³/mol. The Bertz CT molecular complexity index is 873. The van der Waals surface area contributed by atoms with Gasteiger partial charge in [-0.1, -0.05) is 23.7 Å². The highest BCUT2D eigenvalue weighted by molar-refractivity contribution is 6.30. The van der Waals surface area contributed by atoms with Gasteiger partial charge in [-0.2, -0.15) is 0 Å². The van der Waals surface area contributed by atoms with E-state index in [1.54, 1.807) is 6.07 Å². The molecule has 2 aromatic carbocycles. The van der Waals surface area contributed by atoms with Crippen LogP contribution >= 0.6 is 11.6 Å². The molecule has 166 valence electrons. The van der Waals surface area contributed by atoms with Crippen molar-refractivity contribution in [2.45, 2.75) is 44.3 Å². The number of hydrogen-bond acceptors (Lipinski definition) is 4. The van der Waals surface area contributed by atoms with Crippen molar-refractivity contribution in [3.05, 3.63) is 58.9 Å². The molecule has 0 amide bonds. The first-order valence-electron chi connectivity index (χ1n) is 11.5. The highest BCUT2D eigenvalue weighted by Crippen LogP contribution is 2.39. The molecule has 3 aliphatic heterocycles. The minimum atomic E-state index is -0.148. The third-order valence-corrected chi connectivity index (χ3v) is 7.41. The van der Waals surface area contributed by atoms with E-state index in [1.807, 2.05) is 24.3 Å². The number of anilines is 2. The second-order valence-electron chi connectivity index (χ2n) is 9.17. The molecule has 3 saturated heterocycles. The van der Waals surface area contributed by atoms with Gasteiger partial charge in [-0.25, -0.2) is 4.39 Å². The van der Waals surface area contributed by atoms with Crippen LogP contribution in [0.1, 0.15) is 31.2 Å². The molecular formula is C25H31ClFN3O. The van der Waals surface area contributed by atoms with Crippen molar-refractivity contribution in [3.63, 3.8) is 0 Å². The van der Waals surface area contributed by atoms with E-state index in [0.29, 0.717) is 36.9 Å². The molecule has 0 saturated carbocycles. The molecule has 2 unspecified atom stereocenters. The van der Waals surface area contributed by atoms with E-state index in [1.165, 1.54) is 31.2 Å². The fourth-order valence-electron chi connectivity index (χ4n) is 5.55. The minimum Gasteiger partial charge on any atom is -0.385 e. The van der Waals surface area contributed by atoms with Gasteiger partial charge in [0.1, 0.15) is 5.82 Å². The molecule has 3 aliphatic rings. The molecule has 0 aliphatic carbocycles. The first kappa shape index (κ1) is 21.0. The van der Waals surface area contributed by atoms with Crippen molar-refractivity contribution in [1.29, 1.82) is 0 Å². The van der Waals surface area contributed by atoms with E-state index in [-0.39, 0.29) is 5.82 Å². The van der Waals surface area contributed by atoms with Crippen LogP contribution in [0.15, 0.2) is 42.5 Å². The molecule has 5 rings (SSSR count). The summed E-state index contributed by atoms with van der Waals surface area (Å²) in [5.74, 6) is 0.491. The monoisotopic (exact) mass is 443 g/mol. The Morgan fingerprint density at radius 1 is 1.00 bits per heavy atom. The molecule has 0 aromatic heterocycles. The maximum absolute atomic E-state index is 14.7. The lowest BCUT2D eigenvalue weighted by Crippen LogP contribution is -2.43. The second kappa shape index (κ2) is 9.35. The molecule has 4 nitrogen and oxygen atoms in total. The molecule has 3 fully saturated rings. The van der Waals surface area contributed by atoms with Crippen LogP contribution in [0.2, 0.25) is 5.02 Å². The molecule has 31 heavy (non-hydrogen) atoms. The lowest BCUT2D eigenvalue weighted by molar-refractivity contribution is 0.100. The predicted octanol–water partition coefficient (Wildman–Crippen LogP) is 5.17. The number of fused-ring (bicyclic) bond motifs is 2. The summed E-state index contributed by atoms with van der Waals surface area (Å²) in [5, 5.41) is 4.31.